The van der Waals surface area contributed by atoms with Crippen molar-refractivity contribution in [1.29, 1.82) is 0 Å². The largest absolute Gasteiger partial charge is 0.464 e. The number of benzene rings is 1. The molecule has 0 unspecified atom stereocenters. The third-order valence-corrected chi connectivity index (χ3v) is 5.40. The number of hydrogen-bond acceptors (Lipinski definition) is 5. The molecule has 3 rings (SSSR count). The summed E-state index contributed by atoms with van der Waals surface area (Å²) in [6.07, 6.45) is 4.02. The molecule has 28 heavy (non-hydrogen) atoms. The van der Waals surface area contributed by atoms with E-state index in [-0.39, 0.29) is 18.4 Å². The SMILES string of the molecule is CCOC(=O)C1(NC(=O)Cn2c(-c3cccc(C)c3)n[nH]c2=S)CCCCC1. The first-order valence-corrected chi connectivity index (χ1v) is 10.1. The van der Waals surface area contributed by atoms with Crippen LogP contribution in [0.15, 0.2) is 24.3 Å². The minimum atomic E-state index is -0.944. The number of aromatic amines is 1. The first kappa shape index (κ1) is 20.3. The summed E-state index contributed by atoms with van der Waals surface area (Å²) in [5, 5.41) is 9.99. The molecule has 1 amide bonds. The quantitative estimate of drug-likeness (QED) is 0.572. The van der Waals surface area contributed by atoms with Gasteiger partial charge >= 0.3 is 5.97 Å². The molecule has 2 N–H and O–H groups in total. The second kappa shape index (κ2) is 8.68. The van der Waals surface area contributed by atoms with Gasteiger partial charge in [0.25, 0.3) is 0 Å². The Morgan fingerprint density at radius 2 is 2.07 bits per heavy atom. The number of nitrogens with zero attached hydrogens (tertiary/aromatic N) is 2. The number of aryl methyl sites for hydroxylation is 1. The van der Waals surface area contributed by atoms with Gasteiger partial charge in [-0.1, -0.05) is 43.0 Å². The highest BCUT2D eigenvalue weighted by Crippen LogP contribution is 2.29. The van der Waals surface area contributed by atoms with Crippen LogP contribution in [0.5, 0.6) is 0 Å². The number of H-pyrrole nitrogens is 1. The molecule has 1 aromatic carbocycles. The highest BCUT2D eigenvalue weighted by Gasteiger charge is 2.42. The number of amides is 1. The van der Waals surface area contributed by atoms with E-state index in [1.54, 1.807) is 11.5 Å². The molecule has 1 aliphatic rings. The third kappa shape index (κ3) is 4.32. The molecule has 0 saturated heterocycles. The summed E-state index contributed by atoms with van der Waals surface area (Å²) in [4.78, 5) is 25.4. The number of hydrogen-bond donors (Lipinski definition) is 2. The van der Waals surface area contributed by atoms with Gasteiger partial charge in [-0.25, -0.2) is 4.79 Å². The molecule has 1 fully saturated rings. The monoisotopic (exact) mass is 402 g/mol. The van der Waals surface area contributed by atoms with Crippen LogP contribution in [0.1, 0.15) is 44.6 Å². The molecule has 7 nitrogen and oxygen atoms in total. The van der Waals surface area contributed by atoms with Crippen LogP contribution >= 0.6 is 12.2 Å². The fourth-order valence-corrected chi connectivity index (χ4v) is 3.92. The Balaban J connectivity index is 1.82. The first-order valence-electron chi connectivity index (χ1n) is 9.65. The van der Waals surface area contributed by atoms with Crippen molar-refractivity contribution in [1.82, 2.24) is 20.1 Å². The van der Waals surface area contributed by atoms with Crippen LogP contribution in [0, 0.1) is 11.7 Å². The Bertz CT molecular complexity index is 912. The highest BCUT2D eigenvalue weighted by atomic mass is 32.1. The van der Waals surface area contributed by atoms with Gasteiger partial charge in [0.1, 0.15) is 12.1 Å². The molecule has 0 aliphatic heterocycles. The van der Waals surface area contributed by atoms with Gasteiger partial charge in [0, 0.05) is 5.56 Å². The van der Waals surface area contributed by atoms with E-state index < -0.39 is 5.54 Å². The molecular weight excluding hydrogens is 376 g/mol. The maximum Gasteiger partial charge on any atom is 0.331 e. The Morgan fingerprint density at radius 1 is 1.32 bits per heavy atom. The predicted octanol–water partition coefficient (Wildman–Crippen LogP) is 3.30. The summed E-state index contributed by atoms with van der Waals surface area (Å²) in [7, 11) is 0. The number of carbonyl (C=O) groups excluding carboxylic acids is 2. The molecule has 0 atom stereocenters. The lowest BCUT2D eigenvalue weighted by Gasteiger charge is -2.35. The number of rotatable bonds is 6. The summed E-state index contributed by atoms with van der Waals surface area (Å²) in [6.45, 7) is 4.05. The minimum absolute atomic E-state index is 0.0141. The van der Waals surface area contributed by atoms with Crippen LogP contribution in [0.25, 0.3) is 11.4 Å². The summed E-state index contributed by atoms with van der Waals surface area (Å²) in [5.41, 5.74) is 1.02. The second-order valence-corrected chi connectivity index (χ2v) is 7.61. The van der Waals surface area contributed by atoms with Gasteiger partial charge in [-0.2, -0.15) is 5.10 Å². The maximum absolute atomic E-state index is 12.9. The van der Waals surface area contributed by atoms with Crippen LogP contribution in [0.4, 0.5) is 0 Å². The zero-order chi connectivity index (χ0) is 20.1. The standard InChI is InChI=1S/C20H26N4O3S/c1-3-27-18(26)20(10-5-4-6-11-20)21-16(25)13-24-17(22-23-19(24)28)15-9-7-8-14(2)12-15/h7-9,12H,3-6,10-11,13H2,1-2H3,(H,21,25)(H,23,28). The van der Waals surface area contributed by atoms with Gasteiger partial charge in [0.05, 0.1) is 6.61 Å². The van der Waals surface area contributed by atoms with Crippen molar-refractivity contribution in [3.8, 4) is 11.4 Å². The van der Waals surface area contributed by atoms with E-state index in [1.807, 2.05) is 31.2 Å². The Hall–Kier alpha value is -2.48. The number of ether oxygens (including phenoxy) is 1. The predicted molar refractivity (Wildman–Crippen MR) is 108 cm³/mol. The number of aromatic nitrogens is 3. The van der Waals surface area contributed by atoms with Crippen molar-refractivity contribution in [2.45, 2.75) is 58.0 Å². The summed E-state index contributed by atoms with van der Waals surface area (Å²) >= 11 is 5.32. The molecule has 2 aromatic rings. The number of esters is 1. The molecule has 1 heterocycles. The molecule has 1 aliphatic carbocycles. The van der Waals surface area contributed by atoms with Crippen LogP contribution in [0.3, 0.4) is 0 Å². The van der Waals surface area contributed by atoms with Gasteiger partial charge in [-0.15, -0.1) is 0 Å². The molecular formula is C20H26N4O3S. The Kier molecular flexibility index (Phi) is 6.28. The molecule has 1 aromatic heterocycles. The first-order chi connectivity index (χ1) is 13.4. The van der Waals surface area contributed by atoms with Crippen molar-refractivity contribution >= 4 is 24.1 Å². The minimum Gasteiger partial charge on any atom is -0.464 e. The zero-order valence-electron chi connectivity index (χ0n) is 16.3. The summed E-state index contributed by atoms with van der Waals surface area (Å²) < 4.78 is 7.27. The van der Waals surface area contributed by atoms with E-state index >= 15 is 0 Å². The molecule has 0 bridgehead atoms. The highest BCUT2D eigenvalue weighted by molar-refractivity contribution is 7.71. The van der Waals surface area contributed by atoms with E-state index in [0.29, 0.717) is 30.0 Å². The molecule has 150 valence electrons. The second-order valence-electron chi connectivity index (χ2n) is 7.22. The average Bonchev–Trinajstić information content (AvgIpc) is 3.03. The lowest BCUT2D eigenvalue weighted by Crippen LogP contribution is -2.57. The van der Waals surface area contributed by atoms with Gasteiger partial charge in [0.2, 0.25) is 5.91 Å². The van der Waals surface area contributed by atoms with Crippen molar-refractivity contribution in [3.63, 3.8) is 0 Å². The summed E-state index contributed by atoms with van der Waals surface area (Å²) in [6, 6.07) is 7.84. The third-order valence-electron chi connectivity index (χ3n) is 5.09. The smallest absolute Gasteiger partial charge is 0.331 e. The normalized spacial score (nSPS) is 15.8. The van der Waals surface area contributed by atoms with E-state index in [0.717, 1.165) is 30.4 Å². The van der Waals surface area contributed by atoms with Crippen LogP contribution < -0.4 is 5.32 Å². The molecule has 1 saturated carbocycles. The van der Waals surface area contributed by atoms with E-state index in [4.69, 9.17) is 17.0 Å². The van der Waals surface area contributed by atoms with Crippen molar-refractivity contribution < 1.29 is 14.3 Å². The zero-order valence-corrected chi connectivity index (χ0v) is 17.1. The van der Waals surface area contributed by atoms with Crippen LogP contribution in [-0.2, 0) is 20.9 Å². The fraction of sp³-hybridized carbons (Fsp3) is 0.500. The summed E-state index contributed by atoms with van der Waals surface area (Å²) in [5.74, 6) is -0.0308. The lowest BCUT2D eigenvalue weighted by atomic mass is 9.81. The van der Waals surface area contributed by atoms with Gasteiger partial charge in [0.15, 0.2) is 10.6 Å². The number of nitrogens with one attached hydrogen (secondary N) is 2. The van der Waals surface area contributed by atoms with Gasteiger partial charge in [-0.3, -0.25) is 14.5 Å². The lowest BCUT2D eigenvalue weighted by molar-refractivity contribution is -0.155. The molecule has 0 radical (unpaired) electrons. The van der Waals surface area contributed by atoms with E-state index in [1.165, 1.54) is 0 Å². The van der Waals surface area contributed by atoms with E-state index in [9.17, 15) is 9.59 Å². The Labute approximate surface area is 169 Å². The maximum atomic E-state index is 12.9. The van der Waals surface area contributed by atoms with Crippen molar-refractivity contribution in [3.05, 3.63) is 34.6 Å². The van der Waals surface area contributed by atoms with Crippen molar-refractivity contribution in [2.75, 3.05) is 6.61 Å². The van der Waals surface area contributed by atoms with Gasteiger partial charge < -0.3 is 10.1 Å². The van der Waals surface area contributed by atoms with Gasteiger partial charge in [-0.05, 0) is 45.0 Å². The molecule has 0 spiro atoms. The Morgan fingerprint density at radius 3 is 2.75 bits per heavy atom. The molecule has 8 heteroatoms. The van der Waals surface area contributed by atoms with Crippen molar-refractivity contribution in [2.24, 2.45) is 0 Å². The van der Waals surface area contributed by atoms with Crippen LogP contribution in [-0.4, -0.2) is 38.8 Å². The fourth-order valence-electron chi connectivity index (χ4n) is 3.72. The van der Waals surface area contributed by atoms with E-state index in [2.05, 4.69) is 15.5 Å². The average molecular weight is 403 g/mol. The number of carbonyl (C=O) groups is 2. The topological polar surface area (TPSA) is 89.0 Å². The van der Waals surface area contributed by atoms with Crippen LogP contribution in [0.2, 0.25) is 0 Å².